The van der Waals surface area contributed by atoms with Gasteiger partial charge in [-0.15, -0.1) is 16.4 Å². The number of nitrogens with zero attached hydrogens (tertiary/aromatic N) is 4. The largest absolute Gasteiger partial charge is 0.389 e. The van der Waals surface area contributed by atoms with Gasteiger partial charge in [-0.1, -0.05) is 5.21 Å². The maximum absolute atomic E-state index is 13.6. The van der Waals surface area contributed by atoms with Crippen LogP contribution in [-0.2, 0) is 13.0 Å². The molecule has 1 fully saturated rings. The van der Waals surface area contributed by atoms with E-state index in [4.69, 9.17) is 0 Å². The normalized spacial score (nSPS) is 15.4. The first-order valence-electron chi connectivity index (χ1n) is 8.83. The summed E-state index contributed by atoms with van der Waals surface area (Å²) in [5.74, 6) is 0.389. The minimum absolute atomic E-state index is 0.360. The third-order valence-electron chi connectivity index (χ3n) is 4.59. The second-order valence-corrected chi connectivity index (χ2v) is 8.25. The van der Waals surface area contributed by atoms with Gasteiger partial charge in [-0.2, -0.15) is 0 Å². The van der Waals surface area contributed by atoms with Gasteiger partial charge in [-0.05, 0) is 56.4 Å². The lowest BCUT2D eigenvalue weighted by Gasteiger charge is -2.12. The zero-order valence-electron chi connectivity index (χ0n) is 14.8. The fraction of sp³-hybridized carbons (Fsp3) is 0.421. The van der Waals surface area contributed by atoms with Crippen molar-refractivity contribution in [2.24, 2.45) is 5.92 Å². The quantitative estimate of drug-likeness (QED) is 0.713. The summed E-state index contributed by atoms with van der Waals surface area (Å²) in [5, 5.41) is 19.5. The van der Waals surface area contributed by atoms with E-state index >= 15 is 0 Å². The van der Waals surface area contributed by atoms with Crippen LogP contribution in [0.5, 0.6) is 0 Å². The molecule has 1 aromatic carbocycles. The van der Waals surface area contributed by atoms with Gasteiger partial charge >= 0.3 is 0 Å². The van der Waals surface area contributed by atoms with Gasteiger partial charge in [0.15, 0.2) is 0 Å². The van der Waals surface area contributed by atoms with Crippen molar-refractivity contribution in [3.05, 3.63) is 51.4 Å². The molecule has 7 heteroatoms. The van der Waals surface area contributed by atoms with E-state index in [1.807, 2.05) is 17.8 Å². The number of rotatable bonds is 6. The summed E-state index contributed by atoms with van der Waals surface area (Å²) in [5.41, 5.74) is 3.01. The molecule has 0 spiro atoms. The van der Waals surface area contributed by atoms with Gasteiger partial charge in [0.1, 0.15) is 5.82 Å². The summed E-state index contributed by atoms with van der Waals surface area (Å²) in [4.78, 5) is 5.70. The molecule has 26 heavy (non-hydrogen) atoms. The molecule has 5 nitrogen and oxygen atoms in total. The van der Waals surface area contributed by atoms with Crippen molar-refractivity contribution in [3.8, 4) is 11.3 Å². The van der Waals surface area contributed by atoms with E-state index in [1.165, 1.54) is 25.0 Å². The van der Waals surface area contributed by atoms with Gasteiger partial charge in [0.05, 0.1) is 22.5 Å². The van der Waals surface area contributed by atoms with Gasteiger partial charge in [0.25, 0.3) is 0 Å². The summed E-state index contributed by atoms with van der Waals surface area (Å²) < 4.78 is 15.6. The zero-order valence-corrected chi connectivity index (χ0v) is 15.6. The number of hydrogen-bond acceptors (Lipinski definition) is 5. The minimum atomic E-state index is -0.769. The van der Waals surface area contributed by atoms with Gasteiger partial charge < -0.3 is 5.11 Å². The second-order valence-electron chi connectivity index (χ2n) is 6.96. The zero-order chi connectivity index (χ0) is 18.3. The monoisotopic (exact) mass is 372 g/mol. The lowest BCUT2D eigenvalue weighted by Crippen LogP contribution is -2.00. The Kier molecular flexibility index (Phi) is 4.58. The van der Waals surface area contributed by atoms with Crippen LogP contribution in [-0.4, -0.2) is 25.1 Å². The van der Waals surface area contributed by atoms with Crippen molar-refractivity contribution in [2.75, 3.05) is 0 Å². The predicted molar refractivity (Wildman–Crippen MR) is 98.4 cm³/mol. The van der Waals surface area contributed by atoms with Gasteiger partial charge in [0, 0.05) is 29.6 Å². The fourth-order valence-electron chi connectivity index (χ4n) is 3.13. The highest BCUT2D eigenvalue weighted by Gasteiger charge is 2.23. The summed E-state index contributed by atoms with van der Waals surface area (Å²) in [7, 11) is 0. The highest BCUT2D eigenvalue weighted by Crippen LogP contribution is 2.35. The van der Waals surface area contributed by atoms with Gasteiger partial charge in [-0.25, -0.2) is 9.37 Å². The van der Waals surface area contributed by atoms with E-state index in [0.29, 0.717) is 12.0 Å². The molecule has 2 heterocycles. The van der Waals surface area contributed by atoms with Crippen molar-refractivity contribution in [2.45, 2.75) is 45.8 Å². The van der Waals surface area contributed by atoms with Crippen LogP contribution >= 0.6 is 11.3 Å². The topological polar surface area (TPSA) is 63.8 Å². The van der Waals surface area contributed by atoms with E-state index in [2.05, 4.69) is 15.3 Å². The van der Waals surface area contributed by atoms with Gasteiger partial charge in [-0.3, -0.25) is 4.68 Å². The molecule has 0 bridgehead atoms. The van der Waals surface area contributed by atoms with Gasteiger partial charge in [0.2, 0.25) is 0 Å². The molecule has 0 unspecified atom stereocenters. The molecule has 0 amide bonds. The first-order valence-corrected chi connectivity index (χ1v) is 9.64. The fourth-order valence-corrected chi connectivity index (χ4v) is 4.10. The molecule has 3 aromatic rings. The molecular formula is C19H21FN4OS. The van der Waals surface area contributed by atoms with Crippen molar-refractivity contribution < 1.29 is 9.50 Å². The maximum Gasteiger partial charge on any atom is 0.123 e. The Morgan fingerprint density at radius 3 is 2.92 bits per heavy atom. The molecule has 0 saturated heterocycles. The van der Waals surface area contributed by atoms with E-state index in [0.717, 1.165) is 39.3 Å². The summed E-state index contributed by atoms with van der Waals surface area (Å²) >= 11 is 1.60. The number of hydrogen-bond donors (Lipinski definition) is 1. The van der Waals surface area contributed by atoms with Crippen LogP contribution in [0.15, 0.2) is 24.4 Å². The third-order valence-corrected chi connectivity index (χ3v) is 5.56. The van der Waals surface area contributed by atoms with Crippen LogP contribution in [0.3, 0.4) is 0 Å². The molecule has 1 aliphatic rings. The molecule has 1 N–H and O–H groups in total. The number of benzene rings is 1. The van der Waals surface area contributed by atoms with Crippen molar-refractivity contribution in [1.82, 2.24) is 20.0 Å². The highest BCUT2D eigenvalue weighted by atomic mass is 32.1. The number of aryl methyl sites for hydroxylation is 1. The first kappa shape index (κ1) is 17.3. The molecule has 0 aliphatic heterocycles. The SMILES string of the molecule is Cc1nc(-c2ccc(F)cc2[C@@H](C)O)c(Cc2cn(CC3CC3)nn2)s1. The van der Waals surface area contributed by atoms with E-state index in [1.54, 1.807) is 24.3 Å². The average Bonchev–Trinajstić information content (AvgIpc) is 3.18. The number of halogens is 1. The Balaban J connectivity index is 1.66. The van der Waals surface area contributed by atoms with Crippen molar-refractivity contribution in [1.29, 1.82) is 0 Å². The number of aliphatic hydroxyl groups is 1. The summed E-state index contributed by atoms with van der Waals surface area (Å²) in [6.07, 6.45) is 4.41. The van der Waals surface area contributed by atoms with Crippen molar-refractivity contribution >= 4 is 11.3 Å². The van der Waals surface area contributed by atoms with E-state index < -0.39 is 6.10 Å². The van der Waals surface area contributed by atoms with Crippen LogP contribution in [0.2, 0.25) is 0 Å². The standard InChI is InChI=1S/C19H21FN4OS/c1-11(25)17-7-14(20)5-6-16(17)19-18(26-12(2)21-19)8-15-10-24(23-22-15)9-13-3-4-13/h5-7,10-11,13,25H,3-4,8-9H2,1-2H3/t11-/m1/s1. The van der Waals surface area contributed by atoms with E-state index in [-0.39, 0.29) is 5.82 Å². The number of aromatic nitrogens is 4. The molecule has 0 radical (unpaired) electrons. The molecule has 1 atom stereocenters. The summed E-state index contributed by atoms with van der Waals surface area (Å²) in [6.45, 7) is 4.53. The number of thiazole rings is 1. The first-order chi connectivity index (χ1) is 12.5. The minimum Gasteiger partial charge on any atom is -0.389 e. The van der Waals surface area contributed by atoms with Crippen LogP contribution in [0.25, 0.3) is 11.3 Å². The van der Waals surface area contributed by atoms with Crippen molar-refractivity contribution in [3.63, 3.8) is 0 Å². The average molecular weight is 372 g/mol. The van der Waals surface area contributed by atoms with Crippen LogP contribution in [0, 0.1) is 18.7 Å². The summed E-state index contributed by atoms with van der Waals surface area (Å²) in [6, 6.07) is 4.48. The Labute approximate surface area is 155 Å². The Hall–Kier alpha value is -2.12. The number of aliphatic hydroxyl groups excluding tert-OH is 1. The van der Waals surface area contributed by atoms with Crippen LogP contribution in [0.4, 0.5) is 4.39 Å². The molecule has 136 valence electrons. The van der Waals surface area contributed by atoms with E-state index in [9.17, 15) is 9.50 Å². The molecular weight excluding hydrogens is 351 g/mol. The highest BCUT2D eigenvalue weighted by molar-refractivity contribution is 7.12. The predicted octanol–water partition coefficient (Wildman–Crippen LogP) is 3.90. The third kappa shape index (κ3) is 3.68. The van der Waals surface area contributed by atoms with Crippen LogP contribution < -0.4 is 0 Å². The van der Waals surface area contributed by atoms with Crippen LogP contribution in [0.1, 0.15) is 47.0 Å². The lowest BCUT2D eigenvalue weighted by atomic mass is 9.99. The lowest BCUT2D eigenvalue weighted by molar-refractivity contribution is 0.199. The molecule has 4 rings (SSSR count). The Bertz CT molecular complexity index is 930. The Morgan fingerprint density at radius 2 is 2.19 bits per heavy atom. The Morgan fingerprint density at radius 1 is 1.38 bits per heavy atom. The second kappa shape index (κ2) is 6.89. The smallest absolute Gasteiger partial charge is 0.123 e. The molecule has 1 aliphatic carbocycles. The maximum atomic E-state index is 13.6. The molecule has 2 aromatic heterocycles. The molecule has 1 saturated carbocycles.